The molecule has 0 saturated carbocycles. The summed E-state index contributed by atoms with van der Waals surface area (Å²) >= 11 is 0. The summed E-state index contributed by atoms with van der Waals surface area (Å²) in [6, 6.07) is 13.9. The fourth-order valence-electron chi connectivity index (χ4n) is 4.49. The Morgan fingerprint density at radius 3 is 2.47 bits per heavy atom. The molecule has 2 atom stereocenters. The van der Waals surface area contributed by atoms with Gasteiger partial charge in [-0.3, -0.25) is 9.59 Å². The molecule has 4 rings (SSSR count). The van der Waals surface area contributed by atoms with Crippen molar-refractivity contribution in [3.63, 3.8) is 0 Å². The average molecular weight is 410 g/mol. The van der Waals surface area contributed by atoms with Gasteiger partial charge in [-0.25, -0.2) is 4.39 Å². The molecule has 0 unspecified atom stereocenters. The topological polar surface area (TPSA) is 49.9 Å². The molecule has 0 bridgehead atoms. The largest absolute Gasteiger partial charge is 0.497 e. The van der Waals surface area contributed by atoms with E-state index >= 15 is 0 Å². The van der Waals surface area contributed by atoms with Crippen LogP contribution in [-0.2, 0) is 9.59 Å². The summed E-state index contributed by atoms with van der Waals surface area (Å²) < 4.78 is 18.5. The zero-order valence-corrected chi connectivity index (χ0v) is 17.2. The average Bonchev–Trinajstić information content (AvgIpc) is 2.99. The van der Waals surface area contributed by atoms with Gasteiger partial charge in [-0.15, -0.1) is 0 Å². The Morgan fingerprint density at radius 2 is 1.77 bits per heavy atom. The van der Waals surface area contributed by atoms with Crippen molar-refractivity contribution in [1.29, 1.82) is 0 Å². The molecule has 0 spiro atoms. The van der Waals surface area contributed by atoms with Gasteiger partial charge < -0.3 is 14.5 Å². The highest BCUT2D eigenvalue weighted by atomic mass is 19.1. The van der Waals surface area contributed by atoms with Gasteiger partial charge >= 0.3 is 0 Å². The molecule has 2 aromatic rings. The van der Waals surface area contributed by atoms with Crippen LogP contribution >= 0.6 is 0 Å². The minimum Gasteiger partial charge on any atom is -0.497 e. The second-order valence-corrected chi connectivity index (χ2v) is 8.13. The van der Waals surface area contributed by atoms with E-state index in [2.05, 4.69) is 0 Å². The lowest BCUT2D eigenvalue weighted by molar-refractivity contribution is -0.135. The third-order valence-electron chi connectivity index (χ3n) is 6.18. The number of hydrogen-bond donors (Lipinski definition) is 0. The number of carbonyl (C=O) groups is 2. The first-order valence-electron chi connectivity index (χ1n) is 10.5. The van der Waals surface area contributed by atoms with Gasteiger partial charge in [-0.05, 0) is 54.8 Å². The number of benzene rings is 2. The molecule has 2 amide bonds. The zero-order chi connectivity index (χ0) is 21.1. The van der Waals surface area contributed by atoms with Crippen LogP contribution in [0.25, 0.3) is 0 Å². The smallest absolute Gasteiger partial charge is 0.228 e. The Kier molecular flexibility index (Phi) is 6.02. The number of rotatable bonds is 4. The number of hydrogen-bond acceptors (Lipinski definition) is 3. The molecule has 0 aliphatic carbocycles. The Morgan fingerprint density at radius 1 is 1.03 bits per heavy atom. The van der Waals surface area contributed by atoms with Crippen molar-refractivity contribution in [2.75, 3.05) is 31.6 Å². The molecule has 2 fully saturated rings. The molecule has 5 nitrogen and oxygen atoms in total. The summed E-state index contributed by atoms with van der Waals surface area (Å²) in [7, 11) is 1.60. The van der Waals surface area contributed by atoms with Gasteiger partial charge in [0, 0.05) is 37.7 Å². The first-order valence-corrected chi connectivity index (χ1v) is 10.5. The number of carbonyl (C=O) groups excluding carboxylic acids is 2. The number of nitrogens with zero attached hydrogens (tertiary/aromatic N) is 2. The highest BCUT2D eigenvalue weighted by Gasteiger charge is 2.38. The first-order chi connectivity index (χ1) is 14.5. The standard InChI is InChI=1S/C24H27FN2O3/c1-30-22-11-9-21(10-12-22)27-16-19(14-23(27)28)24(29)26-13-3-2-4-18(15-26)17-5-7-20(25)8-6-17/h5-12,18-19H,2-4,13-16H2,1H3/t18-,19-/m1/s1. The van der Waals surface area contributed by atoms with Crippen molar-refractivity contribution < 1.29 is 18.7 Å². The lowest BCUT2D eigenvalue weighted by atomic mass is 9.94. The number of likely N-dealkylation sites (tertiary alicyclic amines) is 1. The van der Waals surface area contributed by atoms with Gasteiger partial charge in [-0.2, -0.15) is 0 Å². The monoisotopic (exact) mass is 410 g/mol. The van der Waals surface area contributed by atoms with E-state index < -0.39 is 0 Å². The Hall–Kier alpha value is -2.89. The van der Waals surface area contributed by atoms with Crippen LogP contribution in [0, 0.1) is 11.7 Å². The summed E-state index contributed by atoms with van der Waals surface area (Å²) in [4.78, 5) is 29.5. The lowest BCUT2D eigenvalue weighted by Crippen LogP contribution is -2.39. The maximum Gasteiger partial charge on any atom is 0.228 e. The van der Waals surface area contributed by atoms with E-state index in [1.54, 1.807) is 12.0 Å². The maximum absolute atomic E-state index is 13.3. The van der Waals surface area contributed by atoms with Crippen LogP contribution < -0.4 is 9.64 Å². The molecule has 158 valence electrons. The molecule has 2 saturated heterocycles. The van der Waals surface area contributed by atoms with Crippen LogP contribution in [0.2, 0.25) is 0 Å². The highest BCUT2D eigenvalue weighted by Crippen LogP contribution is 2.31. The van der Waals surface area contributed by atoms with Crippen LogP contribution in [0.4, 0.5) is 10.1 Å². The minimum absolute atomic E-state index is 0.0246. The maximum atomic E-state index is 13.3. The lowest BCUT2D eigenvalue weighted by Gasteiger charge is -2.27. The van der Waals surface area contributed by atoms with E-state index in [4.69, 9.17) is 4.74 Å². The predicted octanol–water partition coefficient (Wildman–Crippen LogP) is 3.98. The molecule has 2 heterocycles. The number of amides is 2. The highest BCUT2D eigenvalue weighted by molar-refractivity contribution is 6.00. The van der Waals surface area contributed by atoms with E-state index in [0.29, 0.717) is 19.6 Å². The van der Waals surface area contributed by atoms with Crippen molar-refractivity contribution in [3.05, 3.63) is 59.9 Å². The molecule has 2 aromatic carbocycles. The van der Waals surface area contributed by atoms with Gasteiger partial charge in [0.15, 0.2) is 0 Å². The SMILES string of the molecule is COc1ccc(N2C[C@H](C(=O)N3CCCC[C@@H](c4ccc(F)cc4)C3)CC2=O)cc1. The van der Waals surface area contributed by atoms with Gasteiger partial charge in [0.2, 0.25) is 11.8 Å². The summed E-state index contributed by atoms with van der Waals surface area (Å²) in [5.41, 5.74) is 1.86. The third kappa shape index (κ3) is 4.32. The molecule has 0 radical (unpaired) electrons. The predicted molar refractivity (Wildman–Crippen MR) is 113 cm³/mol. The Bertz CT molecular complexity index is 898. The third-order valence-corrected chi connectivity index (χ3v) is 6.18. The van der Waals surface area contributed by atoms with Gasteiger partial charge in [-0.1, -0.05) is 18.6 Å². The number of ether oxygens (including phenoxy) is 1. The molecule has 2 aliphatic heterocycles. The van der Waals surface area contributed by atoms with Crippen molar-refractivity contribution in [2.45, 2.75) is 31.6 Å². The van der Waals surface area contributed by atoms with Crippen LogP contribution in [0.3, 0.4) is 0 Å². The minimum atomic E-state index is -0.327. The summed E-state index contributed by atoms with van der Waals surface area (Å²) in [5, 5.41) is 0. The summed E-state index contributed by atoms with van der Waals surface area (Å²) in [5.74, 6) is 0.382. The Balaban J connectivity index is 1.45. The van der Waals surface area contributed by atoms with E-state index in [1.165, 1.54) is 12.1 Å². The molecule has 2 aliphatic rings. The van der Waals surface area contributed by atoms with Crippen LogP contribution in [0.15, 0.2) is 48.5 Å². The number of methoxy groups -OCH3 is 1. The van der Waals surface area contributed by atoms with Gasteiger partial charge in [0.25, 0.3) is 0 Å². The van der Waals surface area contributed by atoms with E-state index in [9.17, 15) is 14.0 Å². The van der Waals surface area contributed by atoms with E-state index in [1.807, 2.05) is 41.3 Å². The van der Waals surface area contributed by atoms with E-state index in [-0.39, 0.29) is 35.9 Å². The fraction of sp³-hybridized carbons (Fsp3) is 0.417. The number of anilines is 1. The van der Waals surface area contributed by atoms with Crippen molar-refractivity contribution >= 4 is 17.5 Å². The molecular weight excluding hydrogens is 383 g/mol. The van der Waals surface area contributed by atoms with Gasteiger partial charge in [0.1, 0.15) is 11.6 Å². The Labute approximate surface area is 176 Å². The fourth-order valence-corrected chi connectivity index (χ4v) is 4.49. The van der Waals surface area contributed by atoms with E-state index in [0.717, 1.165) is 36.3 Å². The molecule has 0 N–H and O–H groups in total. The van der Waals surface area contributed by atoms with Gasteiger partial charge in [0.05, 0.1) is 13.0 Å². The number of halogens is 1. The molecule has 6 heteroatoms. The molecule has 30 heavy (non-hydrogen) atoms. The molecular formula is C24H27FN2O3. The quantitative estimate of drug-likeness (QED) is 0.766. The second-order valence-electron chi connectivity index (χ2n) is 8.13. The first kappa shape index (κ1) is 20.4. The zero-order valence-electron chi connectivity index (χ0n) is 17.2. The van der Waals surface area contributed by atoms with Crippen molar-refractivity contribution in [2.24, 2.45) is 5.92 Å². The van der Waals surface area contributed by atoms with Crippen LogP contribution in [0.5, 0.6) is 5.75 Å². The van der Waals surface area contributed by atoms with Crippen LogP contribution in [-0.4, -0.2) is 43.5 Å². The van der Waals surface area contributed by atoms with Crippen molar-refractivity contribution in [3.8, 4) is 5.75 Å². The normalized spacial score (nSPS) is 22.1. The molecule has 0 aromatic heterocycles. The van der Waals surface area contributed by atoms with Crippen LogP contribution in [0.1, 0.15) is 37.2 Å². The summed E-state index contributed by atoms with van der Waals surface area (Å²) in [6.45, 7) is 1.74. The summed E-state index contributed by atoms with van der Waals surface area (Å²) in [6.07, 6.45) is 3.21. The van der Waals surface area contributed by atoms with Crippen molar-refractivity contribution in [1.82, 2.24) is 4.90 Å². The second kappa shape index (κ2) is 8.86.